The maximum atomic E-state index is 4.42. The average molecular weight is 248 g/mol. The zero-order chi connectivity index (χ0) is 13.1. The summed E-state index contributed by atoms with van der Waals surface area (Å²) in [5, 5.41) is 0. The summed E-state index contributed by atoms with van der Waals surface area (Å²) in [7, 11) is 0. The number of aryl methyl sites for hydroxylation is 1. The Balaban J connectivity index is 1.93. The predicted octanol–water partition coefficient (Wildman–Crippen LogP) is 2.91. The second kappa shape index (κ2) is 4.94. The van der Waals surface area contributed by atoms with Crippen molar-refractivity contribution in [3.63, 3.8) is 0 Å². The lowest BCUT2D eigenvalue weighted by Gasteiger charge is -2.02. The number of rotatable bonds is 2. The van der Waals surface area contributed by atoms with Gasteiger partial charge >= 0.3 is 0 Å². The van der Waals surface area contributed by atoms with E-state index in [0.717, 1.165) is 28.3 Å². The monoisotopic (exact) mass is 248 g/mol. The number of hydrogen-bond donors (Lipinski definition) is 0. The van der Waals surface area contributed by atoms with Gasteiger partial charge in [-0.2, -0.15) is 0 Å². The number of nitrogens with zero attached hydrogens (tertiary/aromatic N) is 4. The molecule has 2 heterocycles. The van der Waals surface area contributed by atoms with Gasteiger partial charge in [-0.3, -0.25) is 19.9 Å². The van der Waals surface area contributed by atoms with Gasteiger partial charge in [-0.05, 0) is 6.92 Å². The van der Waals surface area contributed by atoms with E-state index in [-0.39, 0.29) is 0 Å². The molecule has 0 bridgehead atoms. The van der Waals surface area contributed by atoms with Crippen LogP contribution in [-0.4, -0.2) is 19.9 Å². The first-order valence-corrected chi connectivity index (χ1v) is 5.99. The van der Waals surface area contributed by atoms with Crippen LogP contribution in [0.2, 0.25) is 0 Å². The zero-order valence-electron chi connectivity index (χ0n) is 10.5. The van der Waals surface area contributed by atoms with Crippen molar-refractivity contribution in [2.45, 2.75) is 6.92 Å². The lowest BCUT2D eigenvalue weighted by atomic mass is 10.1. The van der Waals surface area contributed by atoms with Crippen molar-refractivity contribution in [1.29, 1.82) is 0 Å². The Morgan fingerprint density at radius 1 is 0.632 bits per heavy atom. The van der Waals surface area contributed by atoms with Crippen LogP contribution in [0.4, 0.5) is 0 Å². The van der Waals surface area contributed by atoms with E-state index in [1.807, 2.05) is 37.3 Å². The molecule has 0 aliphatic heterocycles. The Labute approximate surface area is 111 Å². The summed E-state index contributed by atoms with van der Waals surface area (Å²) in [4.78, 5) is 17.3. The van der Waals surface area contributed by atoms with E-state index in [1.54, 1.807) is 24.8 Å². The van der Waals surface area contributed by atoms with Crippen LogP contribution in [0.5, 0.6) is 0 Å². The first-order chi connectivity index (χ1) is 9.33. The number of benzene rings is 1. The standard InChI is InChI=1S/C15H12N4/c1-11-7-17-14(9-16-11)15-10-18-13(8-19-15)12-5-3-2-4-6-12/h2-10H,1H3. The highest BCUT2D eigenvalue weighted by molar-refractivity contribution is 5.60. The summed E-state index contributed by atoms with van der Waals surface area (Å²) in [5.41, 5.74) is 4.25. The molecule has 4 nitrogen and oxygen atoms in total. The third kappa shape index (κ3) is 2.47. The van der Waals surface area contributed by atoms with E-state index >= 15 is 0 Å². The highest BCUT2D eigenvalue weighted by Crippen LogP contribution is 2.17. The van der Waals surface area contributed by atoms with Crippen LogP contribution in [0.3, 0.4) is 0 Å². The lowest BCUT2D eigenvalue weighted by molar-refractivity contribution is 1.10. The molecule has 19 heavy (non-hydrogen) atoms. The molecule has 0 amide bonds. The normalized spacial score (nSPS) is 10.4. The van der Waals surface area contributed by atoms with Crippen molar-refractivity contribution in [2.24, 2.45) is 0 Å². The van der Waals surface area contributed by atoms with Crippen LogP contribution in [-0.2, 0) is 0 Å². The molecule has 0 saturated carbocycles. The molecule has 0 spiro atoms. The van der Waals surface area contributed by atoms with E-state index in [4.69, 9.17) is 0 Å². The van der Waals surface area contributed by atoms with Crippen LogP contribution in [0, 0.1) is 6.92 Å². The Morgan fingerprint density at radius 3 is 1.79 bits per heavy atom. The summed E-state index contributed by atoms with van der Waals surface area (Å²) in [5.74, 6) is 0. The van der Waals surface area contributed by atoms with Gasteiger partial charge in [0.25, 0.3) is 0 Å². The summed E-state index contributed by atoms with van der Waals surface area (Å²) in [6.45, 7) is 1.90. The fourth-order valence-electron chi connectivity index (χ4n) is 1.74. The highest BCUT2D eigenvalue weighted by Gasteiger charge is 2.03. The van der Waals surface area contributed by atoms with Gasteiger partial charge in [0.2, 0.25) is 0 Å². The predicted molar refractivity (Wildman–Crippen MR) is 73.2 cm³/mol. The molecule has 0 unspecified atom stereocenters. The molecule has 92 valence electrons. The average Bonchev–Trinajstić information content (AvgIpc) is 2.49. The van der Waals surface area contributed by atoms with Crippen molar-refractivity contribution in [2.75, 3.05) is 0 Å². The first-order valence-electron chi connectivity index (χ1n) is 5.99. The van der Waals surface area contributed by atoms with Crippen LogP contribution < -0.4 is 0 Å². The van der Waals surface area contributed by atoms with Crippen molar-refractivity contribution in [3.05, 3.63) is 60.8 Å². The minimum atomic E-state index is 0.729. The molecule has 0 aliphatic rings. The van der Waals surface area contributed by atoms with E-state index in [2.05, 4.69) is 19.9 Å². The van der Waals surface area contributed by atoms with Crippen molar-refractivity contribution in [3.8, 4) is 22.6 Å². The molecular weight excluding hydrogens is 236 g/mol. The Kier molecular flexibility index (Phi) is 2.98. The molecular formula is C15H12N4. The lowest BCUT2D eigenvalue weighted by Crippen LogP contribution is -1.93. The molecule has 0 saturated heterocycles. The van der Waals surface area contributed by atoms with Crippen LogP contribution in [0.15, 0.2) is 55.1 Å². The highest BCUT2D eigenvalue weighted by atomic mass is 14.9. The van der Waals surface area contributed by atoms with Gasteiger partial charge < -0.3 is 0 Å². The van der Waals surface area contributed by atoms with Crippen LogP contribution in [0.1, 0.15) is 5.69 Å². The maximum absolute atomic E-state index is 4.42. The molecule has 2 aromatic heterocycles. The second-order valence-electron chi connectivity index (χ2n) is 4.20. The van der Waals surface area contributed by atoms with E-state index < -0.39 is 0 Å². The molecule has 4 heteroatoms. The maximum Gasteiger partial charge on any atom is 0.109 e. The van der Waals surface area contributed by atoms with Crippen LogP contribution >= 0.6 is 0 Å². The van der Waals surface area contributed by atoms with Gasteiger partial charge in [-0.15, -0.1) is 0 Å². The summed E-state index contributed by atoms with van der Waals surface area (Å²) >= 11 is 0. The fraction of sp³-hybridized carbons (Fsp3) is 0.0667. The fourth-order valence-corrected chi connectivity index (χ4v) is 1.74. The molecule has 0 atom stereocenters. The molecule has 0 fully saturated rings. The molecule has 0 N–H and O–H groups in total. The third-order valence-electron chi connectivity index (χ3n) is 2.76. The van der Waals surface area contributed by atoms with Crippen molar-refractivity contribution in [1.82, 2.24) is 19.9 Å². The minimum Gasteiger partial charge on any atom is -0.258 e. The van der Waals surface area contributed by atoms with Crippen molar-refractivity contribution >= 4 is 0 Å². The molecule has 0 radical (unpaired) electrons. The van der Waals surface area contributed by atoms with Gasteiger partial charge in [-0.25, -0.2) is 0 Å². The second-order valence-corrected chi connectivity index (χ2v) is 4.20. The van der Waals surface area contributed by atoms with Gasteiger partial charge in [0, 0.05) is 11.8 Å². The largest absolute Gasteiger partial charge is 0.258 e. The van der Waals surface area contributed by atoms with E-state index in [0.29, 0.717) is 0 Å². The van der Waals surface area contributed by atoms with Crippen molar-refractivity contribution < 1.29 is 0 Å². The summed E-state index contributed by atoms with van der Waals surface area (Å²) < 4.78 is 0. The summed E-state index contributed by atoms with van der Waals surface area (Å²) in [6.07, 6.45) is 6.91. The molecule has 0 aliphatic carbocycles. The smallest absolute Gasteiger partial charge is 0.109 e. The Bertz CT molecular complexity index is 661. The molecule has 3 aromatic rings. The summed E-state index contributed by atoms with van der Waals surface area (Å²) in [6, 6.07) is 9.96. The SMILES string of the molecule is Cc1cnc(-c2cnc(-c3ccccc3)cn2)cn1. The number of aromatic nitrogens is 4. The van der Waals surface area contributed by atoms with E-state index in [9.17, 15) is 0 Å². The van der Waals surface area contributed by atoms with E-state index in [1.165, 1.54) is 0 Å². The zero-order valence-corrected chi connectivity index (χ0v) is 10.5. The quantitative estimate of drug-likeness (QED) is 0.699. The van der Waals surface area contributed by atoms with Gasteiger partial charge in [0.05, 0.1) is 30.0 Å². The Hall–Kier alpha value is -2.62. The molecule has 1 aromatic carbocycles. The van der Waals surface area contributed by atoms with Gasteiger partial charge in [0.1, 0.15) is 11.4 Å². The minimum absolute atomic E-state index is 0.729. The van der Waals surface area contributed by atoms with Gasteiger partial charge in [0.15, 0.2) is 0 Å². The first kappa shape index (κ1) is 11.5. The topological polar surface area (TPSA) is 51.6 Å². The van der Waals surface area contributed by atoms with Crippen LogP contribution in [0.25, 0.3) is 22.6 Å². The Morgan fingerprint density at radius 2 is 1.21 bits per heavy atom. The molecule has 3 rings (SSSR count). The van der Waals surface area contributed by atoms with Gasteiger partial charge in [-0.1, -0.05) is 30.3 Å². The third-order valence-corrected chi connectivity index (χ3v) is 2.76. The number of hydrogen-bond acceptors (Lipinski definition) is 4.